The summed E-state index contributed by atoms with van der Waals surface area (Å²) in [4.78, 5) is 17.3. The summed E-state index contributed by atoms with van der Waals surface area (Å²) in [5.74, 6) is 0. The first-order valence-corrected chi connectivity index (χ1v) is 6.24. The van der Waals surface area contributed by atoms with Crippen molar-refractivity contribution in [3.63, 3.8) is 0 Å². The minimum Gasteiger partial charge on any atom is -0.442 e. The number of hydrogen-bond donors (Lipinski definition) is 1. The van der Waals surface area contributed by atoms with Gasteiger partial charge in [-0.2, -0.15) is 5.06 Å². The van der Waals surface area contributed by atoms with Crippen LogP contribution < -0.4 is 0 Å². The van der Waals surface area contributed by atoms with Gasteiger partial charge >= 0.3 is 6.09 Å². The van der Waals surface area contributed by atoms with Crippen LogP contribution in [0.2, 0.25) is 0 Å². The van der Waals surface area contributed by atoms with Crippen LogP contribution in [0.1, 0.15) is 40.5 Å². The molecule has 0 saturated carbocycles. The van der Waals surface area contributed by atoms with Crippen LogP contribution in [-0.4, -0.2) is 41.1 Å². The lowest BCUT2D eigenvalue weighted by Crippen LogP contribution is -2.44. The largest absolute Gasteiger partial charge is 0.442 e. The number of amides is 1. The highest BCUT2D eigenvalue weighted by molar-refractivity contribution is 5.67. The van der Waals surface area contributed by atoms with Gasteiger partial charge in [0, 0.05) is 0 Å². The van der Waals surface area contributed by atoms with Gasteiger partial charge in [0.25, 0.3) is 0 Å². The fraction of sp³-hybridized carbons (Fsp3) is 0.769. The number of aliphatic hydroxyl groups excluding tert-OH is 1. The van der Waals surface area contributed by atoms with Gasteiger partial charge in [-0.3, -0.25) is 4.84 Å². The van der Waals surface area contributed by atoms with Gasteiger partial charge in [-0.25, -0.2) is 4.79 Å². The Balaban J connectivity index is 4.62. The van der Waals surface area contributed by atoms with Gasteiger partial charge in [-0.1, -0.05) is 19.4 Å². The molecule has 0 aromatic heterocycles. The van der Waals surface area contributed by atoms with Crippen LogP contribution in [-0.2, 0) is 9.57 Å². The van der Waals surface area contributed by atoms with Crippen molar-refractivity contribution in [2.75, 3.05) is 13.2 Å². The second-order valence-electron chi connectivity index (χ2n) is 4.98. The third-order valence-electron chi connectivity index (χ3n) is 2.06. The minimum atomic E-state index is -0.613. The highest BCUT2D eigenvalue weighted by atomic mass is 16.7. The number of carbonyl (C=O) groups excluding carboxylic acids is 1. The highest BCUT2D eigenvalue weighted by Gasteiger charge is 2.27. The van der Waals surface area contributed by atoms with E-state index in [4.69, 9.17) is 9.57 Å². The Morgan fingerprint density at radius 1 is 1.50 bits per heavy atom. The molecule has 0 bridgehead atoms. The Bertz CT molecular complexity index is 260. The highest BCUT2D eigenvalue weighted by Crippen LogP contribution is 2.13. The van der Waals surface area contributed by atoms with Crippen LogP contribution in [0.4, 0.5) is 4.79 Å². The molecule has 0 aliphatic rings. The van der Waals surface area contributed by atoms with Crippen LogP contribution >= 0.6 is 0 Å². The van der Waals surface area contributed by atoms with E-state index in [0.29, 0.717) is 6.61 Å². The fourth-order valence-corrected chi connectivity index (χ4v) is 1.14. The smallest absolute Gasteiger partial charge is 0.435 e. The maximum Gasteiger partial charge on any atom is 0.435 e. The number of hydroxylamine groups is 2. The van der Waals surface area contributed by atoms with Crippen LogP contribution in [0.5, 0.6) is 0 Å². The zero-order chi connectivity index (χ0) is 14.2. The summed E-state index contributed by atoms with van der Waals surface area (Å²) in [6.45, 7) is 11.1. The third-order valence-corrected chi connectivity index (χ3v) is 2.06. The molecule has 0 fully saturated rings. The van der Waals surface area contributed by atoms with Gasteiger partial charge in [0.2, 0.25) is 0 Å². The van der Waals surface area contributed by atoms with Crippen molar-refractivity contribution in [1.82, 2.24) is 5.06 Å². The van der Waals surface area contributed by atoms with Crippen molar-refractivity contribution < 1.29 is 19.5 Å². The average Bonchev–Trinajstić information content (AvgIpc) is 2.26. The van der Waals surface area contributed by atoms with Crippen molar-refractivity contribution >= 4 is 6.09 Å². The van der Waals surface area contributed by atoms with Crippen molar-refractivity contribution in [1.29, 1.82) is 0 Å². The van der Waals surface area contributed by atoms with Crippen molar-refractivity contribution in [3.8, 4) is 0 Å². The van der Waals surface area contributed by atoms with Crippen molar-refractivity contribution in [2.24, 2.45) is 0 Å². The Morgan fingerprint density at radius 3 is 2.50 bits per heavy atom. The van der Waals surface area contributed by atoms with Gasteiger partial charge in [-0.05, 0) is 27.2 Å². The molecule has 18 heavy (non-hydrogen) atoms. The molecule has 0 spiro atoms. The topological polar surface area (TPSA) is 59.0 Å². The third kappa shape index (κ3) is 6.61. The summed E-state index contributed by atoms with van der Waals surface area (Å²) in [7, 11) is 0. The van der Waals surface area contributed by atoms with Gasteiger partial charge in [0.15, 0.2) is 0 Å². The molecule has 0 aromatic carbocycles. The van der Waals surface area contributed by atoms with E-state index in [9.17, 15) is 9.90 Å². The van der Waals surface area contributed by atoms with Crippen LogP contribution in [0.15, 0.2) is 12.7 Å². The summed E-state index contributed by atoms with van der Waals surface area (Å²) < 4.78 is 5.22. The zero-order valence-electron chi connectivity index (χ0n) is 11.8. The molecule has 0 unspecified atom stereocenters. The lowest BCUT2D eigenvalue weighted by molar-refractivity contribution is -0.168. The van der Waals surface area contributed by atoms with E-state index in [0.717, 1.165) is 17.9 Å². The number of nitrogens with zero attached hydrogens (tertiary/aromatic N) is 1. The second-order valence-corrected chi connectivity index (χ2v) is 4.98. The van der Waals surface area contributed by atoms with E-state index in [2.05, 4.69) is 6.58 Å². The average molecular weight is 259 g/mol. The van der Waals surface area contributed by atoms with Crippen LogP contribution in [0.3, 0.4) is 0 Å². The van der Waals surface area contributed by atoms with Gasteiger partial charge < -0.3 is 9.84 Å². The molecule has 0 aromatic rings. The normalized spacial score (nSPS) is 12.9. The number of carbonyl (C=O) groups is 1. The first-order valence-electron chi connectivity index (χ1n) is 6.24. The lowest BCUT2D eigenvalue weighted by Gasteiger charge is -2.30. The summed E-state index contributed by atoms with van der Waals surface area (Å²) in [5, 5.41) is 10.2. The molecule has 0 radical (unpaired) electrons. The Morgan fingerprint density at radius 2 is 2.11 bits per heavy atom. The maximum atomic E-state index is 11.9. The summed E-state index contributed by atoms with van der Waals surface area (Å²) in [5.41, 5.74) is -0.607. The number of unbranched alkanes of at least 4 members (excludes halogenated alkanes) is 1. The maximum absolute atomic E-state index is 11.9. The van der Waals surface area contributed by atoms with E-state index in [1.807, 2.05) is 6.92 Å². The monoisotopic (exact) mass is 259 g/mol. The van der Waals surface area contributed by atoms with E-state index < -0.39 is 17.7 Å². The van der Waals surface area contributed by atoms with E-state index in [-0.39, 0.29) is 6.61 Å². The fourth-order valence-electron chi connectivity index (χ4n) is 1.14. The number of aliphatic hydroxyl groups is 1. The molecule has 0 saturated heterocycles. The predicted octanol–water partition coefficient (Wildman–Crippen LogP) is 2.50. The molecule has 0 heterocycles. The zero-order valence-corrected chi connectivity index (χ0v) is 11.8. The first-order chi connectivity index (χ1) is 8.35. The molecule has 0 aliphatic heterocycles. The molecule has 1 amide bonds. The molecule has 106 valence electrons. The lowest BCUT2D eigenvalue weighted by atomic mass is 10.2. The van der Waals surface area contributed by atoms with Crippen molar-refractivity contribution in [3.05, 3.63) is 12.7 Å². The minimum absolute atomic E-state index is 0.255. The van der Waals surface area contributed by atoms with Gasteiger partial charge in [-0.15, -0.1) is 6.58 Å². The molecule has 0 aliphatic carbocycles. The first kappa shape index (κ1) is 16.9. The molecule has 1 atom stereocenters. The number of hydrogen-bond acceptors (Lipinski definition) is 4. The number of ether oxygens (including phenoxy) is 1. The predicted molar refractivity (Wildman–Crippen MR) is 70.0 cm³/mol. The molecule has 0 rings (SSSR count). The Labute approximate surface area is 109 Å². The molecule has 5 nitrogen and oxygen atoms in total. The van der Waals surface area contributed by atoms with Crippen LogP contribution in [0.25, 0.3) is 0 Å². The summed E-state index contributed by atoms with van der Waals surface area (Å²) >= 11 is 0. The standard InChI is InChI=1S/C13H25NO4/c1-6-8-9-17-14(11(7-2)10-15)12(16)18-13(3,4)5/h7,11,15H,2,6,8-10H2,1,3-5H3/t11-/m1/s1. The quantitative estimate of drug-likeness (QED) is 0.433. The van der Waals surface area contributed by atoms with Crippen LogP contribution in [0, 0.1) is 0 Å². The molecular formula is C13H25NO4. The van der Waals surface area contributed by atoms with Gasteiger partial charge in [0.05, 0.1) is 13.2 Å². The molecular weight excluding hydrogens is 234 g/mol. The van der Waals surface area contributed by atoms with E-state index in [1.54, 1.807) is 20.8 Å². The summed E-state index contributed by atoms with van der Waals surface area (Å²) in [6.07, 6.45) is 2.63. The molecule has 5 heteroatoms. The molecule has 1 N–H and O–H groups in total. The van der Waals surface area contributed by atoms with E-state index >= 15 is 0 Å². The number of rotatable bonds is 7. The second kappa shape index (κ2) is 8.11. The Hall–Kier alpha value is -1.07. The van der Waals surface area contributed by atoms with Crippen molar-refractivity contribution in [2.45, 2.75) is 52.2 Å². The SMILES string of the molecule is C=C[C@H](CO)N(OCCCC)C(=O)OC(C)(C)C. The van der Waals surface area contributed by atoms with Gasteiger partial charge in [0.1, 0.15) is 11.6 Å². The summed E-state index contributed by atoms with van der Waals surface area (Å²) in [6, 6.07) is -0.600. The Kier molecular flexibility index (Phi) is 7.62. The van der Waals surface area contributed by atoms with E-state index in [1.165, 1.54) is 6.08 Å².